The van der Waals surface area contributed by atoms with Gasteiger partial charge < -0.3 is 14.2 Å². The van der Waals surface area contributed by atoms with E-state index in [2.05, 4.69) is 18.8 Å². The minimum atomic E-state index is -0.340. The number of amides is 1. The summed E-state index contributed by atoms with van der Waals surface area (Å²) in [5, 5.41) is 0. The fraction of sp³-hybridized carbons (Fsp3) is 0.550. The van der Waals surface area contributed by atoms with Crippen LogP contribution in [0.15, 0.2) is 29.1 Å². The second kappa shape index (κ2) is 5.64. The van der Waals surface area contributed by atoms with Gasteiger partial charge in [0.2, 0.25) is 0 Å². The fourth-order valence-corrected chi connectivity index (χ4v) is 5.33. The average Bonchev–Trinajstić information content (AvgIpc) is 2.92. The Balaban J connectivity index is 1.70. The Kier molecular flexibility index (Phi) is 3.74. The van der Waals surface area contributed by atoms with Gasteiger partial charge in [0.25, 0.3) is 11.5 Å². The van der Waals surface area contributed by atoms with Crippen molar-refractivity contribution in [3.63, 3.8) is 0 Å². The van der Waals surface area contributed by atoms with Gasteiger partial charge >= 0.3 is 0 Å². The van der Waals surface area contributed by atoms with E-state index < -0.39 is 0 Å². The molecular weight excluding hydrogens is 330 g/mol. The zero-order valence-electron chi connectivity index (χ0n) is 15.8. The average molecular weight is 355 g/mol. The summed E-state index contributed by atoms with van der Waals surface area (Å²) in [6.45, 7) is 6.42. The lowest BCUT2D eigenvalue weighted by Gasteiger charge is -2.56. The van der Waals surface area contributed by atoms with Gasteiger partial charge in [-0.2, -0.15) is 0 Å². The molecule has 138 valence electrons. The molecule has 2 heterocycles. The van der Waals surface area contributed by atoms with Crippen LogP contribution in [0.4, 0.5) is 0 Å². The van der Waals surface area contributed by atoms with Crippen molar-refractivity contribution in [2.24, 2.45) is 23.8 Å². The molecule has 2 aliphatic rings. The Morgan fingerprint density at radius 3 is 2.77 bits per heavy atom. The SMILES string of the molecule is COC[C@@]12CN(C(=O)c3nc4ccccc4n(C)c3=O)C[C@@H]1C(C)(C)C2. The van der Waals surface area contributed by atoms with Crippen molar-refractivity contribution in [1.29, 1.82) is 0 Å². The second-order valence-corrected chi connectivity index (χ2v) is 8.51. The summed E-state index contributed by atoms with van der Waals surface area (Å²) in [4.78, 5) is 32.1. The van der Waals surface area contributed by atoms with E-state index in [-0.39, 0.29) is 28.0 Å². The molecule has 4 rings (SSSR count). The van der Waals surface area contributed by atoms with Crippen molar-refractivity contribution in [2.75, 3.05) is 26.8 Å². The van der Waals surface area contributed by atoms with Crippen molar-refractivity contribution in [2.45, 2.75) is 20.3 Å². The summed E-state index contributed by atoms with van der Waals surface area (Å²) in [7, 11) is 3.40. The Bertz CT molecular complexity index is 949. The van der Waals surface area contributed by atoms with E-state index in [0.29, 0.717) is 31.1 Å². The molecule has 1 aromatic carbocycles. The zero-order chi connectivity index (χ0) is 18.7. The first-order valence-corrected chi connectivity index (χ1v) is 9.03. The molecule has 1 aliphatic heterocycles. The van der Waals surface area contributed by atoms with Gasteiger partial charge in [0.05, 0.1) is 17.6 Å². The van der Waals surface area contributed by atoms with E-state index in [1.165, 1.54) is 4.57 Å². The number of rotatable bonds is 3. The van der Waals surface area contributed by atoms with E-state index in [4.69, 9.17) is 4.74 Å². The molecule has 1 aromatic heterocycles. The number of ether oxygens (including phenoxy) is 1. The quantitative estimate of drug-likeness (QED) is 0.845. The van der Waals surface area contributed by atoms with Crippen LogP contribution in [0.2, 0.25) is 0 Å². The topological polar surface area (TPSA) is 64.4 Å². The van der Waals surface area contributed by atoms with Gasteiger partial charge in [-0.05, 0) is 29.9 Å². The van der Waals surface area contributed by atoms with Gasteiger partial charge in [-0.25, -0.2) is 4.98 Å². The zero-order valence-corrected chi connectivity index (χ0v) is 15.8. The van der Waals surface area contributed by atoms with Crippen LogP contribution in [0.3, 0.4) is 0 Å². The van der Waals surface area contributed by atoms with Crippen molar-refractivity contribution < 1.29 is 9.53 Å². The molecule has 1 saturated carbocycles. The Morgan fingerprint density at radius 1 is 1.35 bits per heavy atom. The number of methoxy groups -OCH3 is 1. The third kappa shape index (κ3) is 2.31. The molecule has 6 heteroatoms. The van der Waals surface area contributed by atoms with Crippen molar-refractivity contribution >= 4 is 16.9 Å². The highest BCUT2D eigenvalue weighted by Gasteiger charge is 2.63. The minimum Gasteiger partial charge on any atom is -0.384 e. The van der Waals surface area contributed by atoms with Gasteiger partial charge in [0, 0.05) is 32.7 Å². The van der Waals surface area contributed by atoms with Crippen LogP contribution in [0, 0.1) is 16.7 Å². The van der Waals surface area contributed by atoms with Gasteiger partial charge in [-0.1, -0.05) is 26.0 Å². The first-order chi connectivity index (χ1) is 12.3. The highest BCUT2D eigenvalue weighted by atomic mass is 16.5. The van der Waals surface area contributed by atoms with Crippen LogP contribution in [0.5, 0.6) is 0 Å². The van der Waals surface area contributed by atoms with Crippen molar-refractivity contribution in [3.05, 3.63) is 40.3 Å². The molecule has 1 saturated heterocycles. The largest absolute Gasteiger partial charge is 0.384 e. The summed E-state index contributed by atoms with van der Waals surface area (Å²) in [6, 6.07) is 7.39. The lowest BCUT2D eigenvalue weighted by atomic mass is 9.48. The number of para-hydroxylation sites is 2. The summed E-state index contributed by atoms with van der Waals surface area (Å²) < 4.78 is 6.97. The van der Waals surface area contributed by atoms with Gasteiger partial charge in [0.15, 0.2) is 5.69 Å². The number of carbonyl (C=O) groups excluding carboxylic acids is 1. The number of aromatic nitrogens is 2. The highest BCUT2D eigenvalue weighted by molar-refractivity contribution is 5.94. The van der Waals surface area contributed by atoms with Crippen molar-refractivity contribution in [3.8, 4) is 0 Å². The first-order valence-electron chi connectivity index (χ1n) is 9.03. The van der Waals surface area contributed by atoms with Crippen LogP contribution >= 0.6 is 0 Å². The Hall–Kier alpha value is -2.21. The number of carbonyl (C=O) groups is 1. The fourth-order valence-electron chi connectivity index (χ4n) is 5.33. The summed E-state index contributed by atoms with van der Waals surface area (Å²) in [6.07, 6.45) is 1.03. The molecule has 26 heavy (non-hydrogen) atoms. The lowest BCUT2D eigenvalue weighted by molar-refractivity contribution is -0.107. The predicted molar refractivity (Wildman–Crippen MR) is 99.1 cm³/mol. The number of hydrogen-bond acceptors (Lipinski definition) is 4. The van der Waals surface area contributed by atoms with Gasteiger partial charge in [-0.15, -0.1) is 0 Å². The molecule has 2 atom stereocenters. The van der Waals surface area contributed by atoms with E-state index in [1.807, 2.05) is 24.3 Å². The molecule has 6 nitrogen and oxygen atoms in total. The van der Waals surface area contributed by atoms with Gasteiger partial charge in [0.1, 0.15) is 0 Å². The molecule has 0 bridgehead atoms. The van der Waals surface area contributed by atoms with E-state index in [1.54, 1.807) is 19.1 Å². The van der Waals surface area contributed by atoms with Crippen LogP contribution in [0.25, 0.3) is 11.0 Å². The second-order valence-electron chi connectivity index (χ2n) is 8.51. The van der Waals surface area contributed by atoms with Gasteiger partial charge in [-0.3, -0.25) is 9.59 Å². The van der Waals surface area contributed by atoms with Crippen LogP contribution in [-0.2, 0) is 11.8 Å². The number of nitrogens with zero attached hydrogens (tertiary/aromatic N) is 3. The van der Waals surface area contributed by atoms with Crippen LogP contribution in [-0.4, -0.2) is 47.2 Å². The maximum absolute atomic E-state index is 13.1. The number of aryl methyl sites for hydroxylation is 1. The highest BCUT2D eigenvalue weighted by Crippen LogP contribution is 2.62. The summed E-state index contributed by atoms with van der Waals surface area (Å²) >= 11 is 0. The molecule has 0 unspecified atom stereocenters. The van der Waals surface area contributed by atoms with E-state index in [0.717, 1.165) is 11.9 Å². The predicted octanol–water partition coefficient (Wildman–Crippen LogP) is 2.07. The standard InChI is InChI=1S/C20H25N3O3/c1-19(2)10-20(12-26-4)11-23(9-15(19)20)18(25)16-17(24)22(3)14-8-6-5-7-13(14)21-16/h5-8,15H,9-12H2,1-4H3/t15-,20-/m1/s1. The molecule has 0 N–H and O–H groups in total. The van der Waals surface area contributed by atoms with Crippen LogP contribution in [0.1, 0.15) is 30.8 Å². The normalized spacial score (nSPS) is 26.6. The molecular formula is C20H25N3O3. The molecule has 1 aliphatic carbocycles. The molecule has 0 radical (unpaired) electrons. The Labute approximate surface area is 152 Å². The molecule has 0 spiro atoms. The van der Waals surface area contributed by atoms with Crippen LogP contribution < -0.4 is 5.56 Å². The molecule has 2 aromatic rings. The van der Waals surface area contributed by atoms with E-state index in [9.17, 15) is 9.59 Å². The maximum atomic E-state index is 13.1. The van der Waals surface area contributed by atoms with Crippen molar-refractivity contribution in [1.82, 2.24) is 14.5 Å². The number of fused-ring (bicyclic) bond motifs is 2. The minimum absolute atomic E-state index is 0.00991. The number of likely N-dealkylation sites (tertiary alicyclic amines) is 1. The maximum Gasteiger partial charge on any atom is 0.282 e. The third-order valence-corrected chi connectivity index (χ3v) is 6.30. The lowest BCUT2D eigenvalue weighted by Crippen LogP contribution is -2.55. The summed E-state index contributed by atoms with van der Waals surface area (Å²) in [5.74, 6) is 0.125. The Morgan fingerprint density at radius 2 is 2.08 bits per heavy atom. The first kappa shape index (κ1) is 17.2. The smallest absolute Gasteiger partial charge is 0.282 e. The summed E-state index contributed by atoms with van der Waals surface area (Å²) in [5.41, 5.74) is 1.26. The molecule has 1 amide bonds. The monoisotopic (exact) mass is 355 g/mol. The molecule has 2 fully saturated rings. The van der Waals surface area contributed by atoms with E-state index >= 15 is 0 Å². The number of hydrogen-bond donors (Lipinski definition) is 0. The number of benzene rings is 1. The third-order valence-electron chi connectivity index (χ3n) is 6.30.